The molecule has 0 aromatic heterocycles. The standard InChI is InChI=1S/C46H72O10/c1-3-41(47)51-29-5-7-33-9-13-35(14-10-33)17-19-37-21-25-39(26-22-37)43(49)55-45-46(54-32-31-53-45)56-44(50)40-27-23-38(24-28-40)20-18-36-15-11-34(12-16-36)8-6-30-52-42(48)4-2/h3-4,33-40,45-46H,1-2,5-32H2. The van der Waals surface area contributed by atoms with E-state index in [0.717, 1.165) is 101 Å². The van der Waals surface area contributed by atoms with Gasteiger partial charge in [-0.2, -0.15) is 0 Å². The van der Waals surface area contributed by atoms with Gasteiger partial charge >= 0.3 is 23.9 Å². The lowest BCUT2D eigenvalue weighted by atomic mass is 9.75. The number of carbonyl (C=O) groups excluding carboxylic acids is 4. The van der Waals surface area contributed by atoms with Gasteiger partial charge in [0.25, 0.3) is 12.6 Å². The molecule has 1 aliphatic heterocycles. The minimum atomic E-state index is -1.02. The van der Waals surface area contributed by atoms with Crippen LogP contribution in [0.25, 0.3) is 0 Å². The fourth-order valence-electron chi connectivity index (χ4n) is 10.2. The maximum absolute atomic E-state index is 13.3. The van der Waals surface area contributed by atoms with Crippen LogP contribution in [-0.2, 0) is 47.6 Å². The maximum Gasteiger partial charge on any atom is 0.330 e. The molecule has 0 spiro atoms. The molecular weight excluding hydrogens is 712 g/mol. The normalized spacial score (nSPS) is 32.4. The highest BCUT2D eigenvalue weighted by atomic mass is 16.8. The van der Waals surface area contributed by atoms with Crippen LogP contribution in [0.2, 0.25) is 0 Å². The molecule has 5 fully saturated rings. The zero-order chi connectivity index (χ0) is 39.5. The molecule has 5 rings (SSSR count). The van der Waals surface area contributed by atoms with E-state index in [2.05, 4.69) is 13.2 Å². The van der Waals surface area contributed by atoms with Crippen molar-refractivity contribution in [3.63, 3.8) is 0 Å². The molecule has 0 N–H and O–H groups in total. The van der Waals surface area contributed by atoms with Crippen LogP contribution in [0.4, 0.5) is 0 Å². The minimum Gasteiger partial charge on any atom is -0.463 e. The van der Waals surface area contributed by atoms with Crippen molar-refractivity contribution in [2.45, 2.75) is 167 Å². The van der Waals surface area contributed by atoms with Crippen LogP contribution >= 0.6 is 0 Å². The van der Waals surface area contributed by atoms with Crippen molar-refractivity contribution in [2.24, 2.45) is 47.3 Å². The van der Waals surface area contributed by atoms with E-state index < -0.39 is 12.6 Å². The van der Waals surface area contributed by atoms with Crippen LogP contribution < -0.4 is 0 Å². The quantitative estimate of drug-likeness (QED) is 0.0510. The van der Waals surface area contributed by atoms with Crippen LogP contribution in [0.1, 0.15) is 154 Å². The van der Waals surface area contributed by atoms with Crippen molar-refractivity contribution in [1.29, 1.82) is 0 Å². The van der Waals surface area contributed by atoms with E-state index in [1.54, 1.807) is 0 Å². The second-order valence-corrected chi connectivity index (χ2v) is 17.7. The highest BCUT2D eigenvalue weighted by molar-refractivity contribution is 5.81. The molecule has 2 atom stereocenters. The summed E-state index contributed by atoms with van der Waals surface area (Å²) in [5.41, 5.74) is 0. The molecule has 1 saturated heterocycles. The predicted molar refractivity (Wildman–Crippen MR) is 213 cm³/mol. The van der Waals surface area contributed by atoms with Gasteiger partial charge in [0.1, 0.15) is 0 Å². The maximum atomic E-state index is 13.3. The zero-order valence-corrected chi connectivity index (χ0v) is 34.2. The summed E-state index contributed by atoms with van der Waals surface area (Å²) in [4.78, 5) is 48.9. The lowest BCUT2D eigenvalue weighted by Crippen LogP contribution is -2.46. The Morgan fingerprint density at radius 1 is 0.446 bits per heavy atom. The summed E-state index contributed by atoms with van der Waals surface area (Å²) in [7, 11) is 0. The number of hydrogen-bond acceptors (Lipinski definition) is 10. The molecular formula is C46H72O10. The first-order valence-electron chi connectivity index (χ1n) is 22.5. The van der Waals surface area contributed by atoms with E-state index in [0.29, 0.717) is 38.3 Å². The zero-order valence-electron chi connectivity index (χ0n) is 34.2. The first kappa shape index (κ1) is 44.4. The molecule has 316 valence electrons. The summed E-state index contributed by atoms with van der Waals surface area (Å²) in [5, 5.41) is 0. The Morgan fingerprint density at radius 2 is 0.732 bits per heavy atom. The van der Waals surface area contributed by atoms with Gasteiger partial charge < -0.3 is 28.4 Å². The van der Waals surface area contributed by atoms with Gasteiger partial charge in [-0.25, -0.2) is 9.59 Å². The van der Waals surface area contributed by atoms with Crippen LogP contribution in [0.5, 0.6) is 0 Å². The lowest BCUT2D eigenvalue weighted by Gasteiger charge is -2.35. The summed E-state index contributed by atoms with van der Waals surface area (Å²) < 4.78 is 33.4. The van der Waals surface area contributed by atoms with E-state index >= 15 is 0 Å². The Morgan fingerprint density at radius 3 is 1.04 bits per heavy atom. The number of rotatable bonds is 20. The Bertz CT molecular complexity index is 1120. The monoisotopic (exact) mass is 785 g/mol. The number of esters is 4. The van der Waals surface area contributed by atoms with E-state index in [1.807, 2.05) is 0 Å². The molecule has 0 aromatic rings. The largest absolute Gasteiger partial charge is 0.463 e. The Labute approximate surface area is 336 Å². The molecule has 10 heteroatoms. The van der Waals surface area contributed by atoms with Crippen LogP contribution in [0, 0.1) is 47.3 Å². The van der Waals surface area contributed by atoms with Crippen molar-refractivity contribution >= 4 is 23.9 Å². The third-order valence-electron chi connectivity index (χ3n) is 13.9. The van der Waals surface area contributed by atoms with Crippen LogP contribution in [-0.4, -0.2) is 62.9 Å². The van der Waals surface area contributed by atoms with Gasteiger partial charge in [0, 0.05) is 12.2 Å². The molecule has 10 nitrogen and oxygen atoms in total. The van der Waals surface area contributed by atoms with Gasteiger partial charge in [-0.1, -0.05) is 90.2 Å². The Kier molecular flexibility index (Phi) is 19.2. The van der Waals surface area contributed by atoms with Crippen molar-refractivity contribution in [1.82, 2.24) is 0 Å². The van der Waals surface area contributed by atoms with Crippen molar-refractivity contribution < 1.29 is 47.6 Å². The fourth-order valence-corrected chi connectivity index (χ4v) is 10.2. The van der Waals surface area contributed by atoms with Crippen molar-refractivity contribution in [2.75, 3.05) is 26.4 Å². The predicted octanol–water partition coefficient (Wildman–Crippen LogP) is 9.58. The molecule has 2 unspecified atom stereocenters. The van der Waals surface area contributed by atoms with Gasteiger partial charge in [0.05, 0.1) is 38.3 Å². The molecule has 0 radical (unpaired) electrons. The summed E-state index contributed by atoms with van der Waals surface area (Å²) in [6.07, 6.45) is 27.3. The highest BCUT2D eigenvalue weighted by Gasteiger charge is 2.39. The molecule has 4 saturated carbocycles. The SMILES string of the molecule is C=CC(=O)OCCCC1CCC(CCC2CCC(C(=O)OC3OCCOC3OC(=O)C3CCC(CCC4CCC(CCCOC(=O)C=C)CC4)CC3)CC2)CC1. The summed E-state index contributed by atoms with van der Waals surface area (Å²) >= 11 is 0. The van der Waals surface area contributed by atoms with E-state index in [1.165, 1.54) is 89.2 Å². The van der Waals surface area contributed by atoms with E-state index in [-0.39, 0.29) is 35.7 Å². The summed E-state index contributed by atoms with van der Waals surface area (Å²) in [6, 6.07) is 0. The lowest BCUT2D eigenvalue weighted by molar-refractivity contribution is -0.305. The first-order chi connectivity index (χ1) is 27.3. The molecule has 0 aromatic carbocycles. The fraction of sp³-hybridized carbons (Fsp3) is 0.826. The summed E-state index contributed by atoms with van der Waals surface area (Å²) in [5.74, 6) is 2.91. The van der Waals surface area contributed by atoms with Crippen LogP contribution in [0.3, 0.4) is 0 Å². The van der Waals surface area contributed by atoms with Gasteiger partial charge in [-0.3, -0.25) is 9.59 Å². The Balaban J connectivity index is 0.905. The number of ether oxygens (including phenoxy) is 6. The highest BCUT2D eigenvalue weighted by Crippen LogP contribution is 2.40. The van der Waals surface area contributed by atoms with E-state index in [9.17, 15) is 19.2 Å². The van der Waals surface area contributed by atoms with Gasteiger partial charge in [-0.05, 0) is 113 Å². The van der Waals surface area contributed by atoms with Crippen molar-refractivity contribution in [3.05, 3.63) is 25.3 Å². The first-order valence-corrected chi connectivity index (χ1v) is 22.5. The topological polar surface area (TPSA) is 124 Å². The molecule has 1 heterocycles. The summed E-state index contributed by atoms with van der Waals surface area (Å²) in [6.45, 7) is 8.46. The number of carbonyl (C=O) groups is 4. The third kappa shape index (κ3) is 15.2. The molecule has 5 aliphatic rings. The second-order valence-electron chi connectivity index (χ2n) is 17.7. The van der Waals surface area contributed by atoms with Gasteiger partial charge in [0.15, 0.2) is 0 Å². The minimum absolute atomic E-state index is 0.153. The van der Waals surface area contributed by atoms with Crippen molar-refractivity contribution in [3.8, 4) is 0 Å². The second kappa shape index (κ2) is 24.3. The molecule has 0 amide bonds. The average Bonchev–Trinajstić information content (AvgIpc) is 3.24. The van der Waals surface area contributed by atoms with Gasteiger partial charge in [-0.15, -0.1) is 0 Å². The molecule has 4 aliphatic carbocycles. The van der Waals surface area contributed by atoms with Gasteiger partial charge in [0.2, 0.25) is 0 Å². The molecule has 0 bridgehead atoms. The Hall–Kier alpha value is -2.72. The molecule has 56 heavy (non-hydrogen) atoms. The smallest absolute Gasteiger partial charge is 0.330 e. The van der Waals surface area contributed by atoms with Crippen LogP contribution in [0.15, 0.2) is 25.3 Å². The van der Waals surface area contributed by atoms with E-state index in [4.69, 9.17) is 28.4 Å². The third-order valence-corrected chi connectivity index (χ3v) is 13.9. The average molecular weight is 785 g/mol. The number of hydrogen-bond donors (Lipinski definition) is 0.